The third-order valence-electron chi connectivity index (χ3n) is 3.02. The molecule has 1 heterocycles. The number of hydrogen-bond donors (Lipinski definition) is 1. The average Bonchev–Trinajstić information content (AvgIpc) is 2.49. The van der Waals surface area contributed by atoms with Crippen LogP contribution in [0.4, 0.5) is 0 Å². The fourth-order valence-corrected chi connectivity index (χ4v) is 2.69. The van der Waals surface area contributed by atoms with Crippen molar-refractivity contribution in [2.45, 2.75) is 19.4 Å². The molecular formula is C15H21N3OS. The maximum Gasteiger partial charge on any atom is 0.255 e. The summed E-state index contributed by atoms with van der Waals surface area (Å²) in [5.41, 5.74) is 6.62. The van der Waals surface area contributed by atoms with Crippen LogP contribution in [0.25, 0.3) is 0 Å². The molecule has 2 N–H and O–H groups in total. The maximum atomic E-state index is 12.4. The molecule has 0 bridgehead atoms. The summed E-state index contributed by atoms with van der Waals surface area (Å²) in [6.07, 6.45) is 6.20. The molecule has 0 aromatic carbocycles. The van der Waals surface area contributed by atoms with Crippen molar-refractivity contribution in [1.29, 1.82) is 0 Å². The fourth-order valence-electron chi connectivity index (χ4n) is 1.84. The Morgan fingerprint density at radius 3 is 2.90 bits per heavy atom. The zero-order chi connectivity index (χ0) is 15.0. The molecule has 20 heavy (non-hydrogen) atoms. The number of nitrogens with zero attached hydrogens (tertiary/aromatic N) is 2. The standard InChI is InChI=1S/C15H21N3OS/c1-4-14(11-20-3)18(2)15(19)13-8-12(6-5-7-16)9-17-10-13/h8-10,14H,4,7,11,16H2,1-3H3. The molecule has 1 rings (SSSR count). The van der Waals surface area contributed by atoms with E-state index in [-0.39, 0.29) is 11.9 Å². The minimum absolute atomic E-state index is 0.0187. The number of hydrogen-bond acceptors (Lipinski definition) is 4. The molecule has 1 aromatic heterocycles. The van der Waals surface area contributed by atoms with Crippen molar-refractivity contribution in [1.82, 2.24) is 9.88 Å². The van der Waals surface area contributed by atoms with Crippen molar-refractivity contribution < 1.29 is 4.79 Å². The van der Waals surface area contributed by atoms with Gasteiger partial charge in [0.1, 0.15) is 0 Å². The Balaban J connectivity index is 2.90. The Kier molecular flexibility index (Phi) is 7.13. The number of pyridine rings is 1. The van der Waals surface area contributed by atoms with Gasteiger partial charge in [-0.25, -0.2) is 0 Å². The van der Waals surface area contributed by atoms with Crippen molar-refractivity contribution in [2.75, 3.05) is 25.6 Å². The Hall–Kier alpha value is -1.51. The molecule has 1 unspecified atom stereocenters. The van der Waals surface area contributed by atoms with E-state index in [1.165, 1.54) is 0 Å². The summed E-state index contributed by atoms with van der Waals surface area (Å²) >= 11 is 1.74. The second-order valence-corrected chi connectivity index (χ2v) is 5.31. The summed E-state index contributed by atoms with van der Waals surface area (Å²) in [7, 11) is 1.84. The monoisotopic (exact) mass is 291 g/mol. The third-order valence-corrected chi connectivity index (χ3v) is 3.74. The molecule has 5 heteroatoms. The minimum atomic E-state index is -0.0187. The SMILES string of the molecule is CCC(CSC)N(C)C(=O)c1cncc(C#CCN)c1. The van der Waals surface area contributed by atoms with Crippen LogP contribution in [0, 0.1) is 11.8 Å². The summed E-state index contributed by atoms with van der Waals surface area (Å²) < 4.78 is 0. The van der Waals surface area contributed by atoms with Gasteiger partial charge in [-0.3, -0.25) is 9.78 Å². The van der Waals surface area contributed by atoms with Crippen molar-refractivity contribution in [2.24, 2.45) is 5.73 Å². The van der Waals surface area contributed by atoms with Crippen LogP contribution in [0.3, 0.4) is 0 Å². The molecule has 1 atom stereocenters. The number of amides is 1. The summed E-state index contributed by atoms with van der Waals surface area (Å²) in [5, 5.41) is 0. The predicted octanol–water partition coefficient (Wildman–Crippen LogP) is 1.61. The van der Waals surface area contributed by atoms with Gasteiger partial charge in [0.15, 0.2) is 0 Å². The molecule has 1 aromatic rings. The van der Waals surface area contributed by atoms with Gasteiger partial charge in [-0.1, -0.05) is 18.8 Å². The van der Waals surface area contributed by atoms with E-state index in [0.29, 0.717) is 17.7 Å². The first-order valence-corrected chi connectivity index (χ1v) is 7.93. The van der Waals surface area contributed by atoms with Gasteiger partial charge in [-0.15, -0.1) is 0 Å². The van der Waals surface area contributed by atoms with E-state index in [2.05, 4.69) is 23.7 Å². The van der Waals surface area contributed by atoms with Gasteiger partial charge in [0.2, 0.25) is 0 Å². The van der Waals surface area contributed by atoms with E-state index in [0.717, 1.165) is 12.2 Å². The Labute approximate surface area is 125 Å². The first kappa shape index (κ1) is 16.5. The van der Waals surface area contributed by atoms with Crippen LogP contribution >= 0.6 is 11.8 Å². The fraction of sp³-hybridized carbons (Fsp3) is 0.467. The molecule has 0 aliphatic heterocycles. The van der Waals surface area contributed by atoms with E-state index < -0.39 is 0 Å². The van der Waals surface area contributed by atoms with Gasteiger partial charge in [-0.2, -0.15) is 11.8 Å². The topological polar surface area (TPSA) is 59.2 Å². The van der Waals surface area contributed by atoms with Crippen LogP contribution < -0.4 is 5.73 Å². The molecule has 0 saturated carbocycles. The maximum absolute atomic E-state index is 12.4. The van der Waals surface area contributed by atoms with Crippen LogP contribution in [0.5, 0.6) is 0 Å². The summed E-state index contributed by atoms with van der Waals surface area (Å²) in [6, 6.07) is 2.00. The van der Waals surface area contributed by atoms with Gasteiger partial charge >= 0.3 is 0 Å². The molecule has 0 aliphatic carbocycles. The van der Waals surface area contributed by atoms with Crippen LogP contribution in [-0.4, -0.2) is 47.4 Å². The van der Waals surface area contributed by atoms with E-state index in [1.54, 1.807) is 35.1 Å². The lowest BCUT2D eigenvalue weighted by molar-refractivity contribution is 0.0743. The molecule has 0 radical (unpaired) electrons. The van der Waals surface area contributed by atoms with Gasteiger partial charge < -0.3 is 10.6 Å². The normalized spacial score (nSPS) is 11.4. The number of carbonyl (C=O) groups is 1. The number of thioether (sulfide) groups is 1. The highest BCUT2D eigenvalue weighted by Gasteiger charge is 2.19. The second kappa shape index (κ2) is 8.62. The molecule has 0 fully saturated rings. The van der Waals surface area contributed by atoms with E-state index in [9.17, 15) is 4.79 Å². The second-order valence-electron chi connectivity index (χ2n) is 4.40. The quantitative estimate of drug-likeness (QED) is 0.837. The molecule has 108 valence electrons. The average molecular weight is 291 g/mol. The summed E-state index contributed by atoms with van der Waals surface area (Å²) in [6.45, 7) is 2.38. The Morgan fingerprint density at radius 1 is 1.55 bits per heavy atom. The van der Waals surface area contributed by atoms with E-state index in [1.807, 2.05) is 13.3 Å². The van der Waals surface area contributed by atoms with Gasteiger partial charge in [0.25, 0.3) is 5.91 Å². The zero-order valence-electron chi connectivity index (χ0n) is 12.2. The van der Waals surface area contributed by atoms with Gasteiger partial charge in [0, 0.05) is 36.8 Å². The van der Waals surface area contributed by atoms with Crippen molar-refractivity contribution in [3.63, 3.8) is 0 Å². The summed E-state index contributed by atoms with van der Waals surface area (Å²) in [4.78, 5) is 18.3. The molecule has 0 saturated heterocycles. The number of nitrogens with two attached hydrogens (primary N) is 1. The predicted molar refractivity (Wildman–Crippen MR) is 84.7 cm³/mol. The number of aromatic nitrogens is 1. The first-order valence-electron chi connectivity index (χ1n) is 6.54. The van der Waals surface area contributed by atoms with Gasteiger partial charge in [0.05, 0.1) is 12.1 Å². The molecule has 4 nitrogen and oxygen atoms in total. The van der Waals surface area contributed by atoms with Crippen LogP contribution in [0.15, 0.2) is 18.5 Å². The van der Waals surface area contributed by atoms with Crippen LogP contribution in [0.1, 0.15) is 29.3 Å². The highest BCUT2D eigenvalue weighted by molar-refractivity contribution is 7.98. The zero-order valence-corrected chi connectivity index (χ0v) is 13.0. The van der Waals surface area contributed by atoms with Crippen molar-refractivity contribution in [3.05, 3.63) is 29.6 Å². The molecule has 0 spiro atoms. The Bertz CT molecular complexity index is 507. The van der Waals surface area contributed by atoms with E-state index >= 15 is 0 Å². The molecule has 0 aliphatic rings. The number of rotatable bonds is 5. The summed E-state index contributed by atoms with van der Waals surface area (Å²) in [5.74, 6) is 6.57. The third kappa shape index (κ3) is 4.55. The van der Waals surface area contributed by atoms with Crippen LogP contribution in [0.2, 0.25) is 0 Å². The van der Waals surface area contributed by atoms with E-state index in [4.69, 9.17) is 5.73 Å². The van der Waals surface area contributed by atoms with Gasteiger partial charge in [-0.05, 0) is 18.7 Å². The highest BCUT2D eigenvalue weighted by Crippen LogP contribution is 2.12. The van der Waals surface area contributed by atoms with Crippen molar-refractivity contribution in [3.8, 4) is 11.8 Å². The highest BCUT2D eigenvalue weighted by atomic mass is 32.2. The largest absolute Gasteiger partial charge is 0.338 e. The molecule has 1 amide bonds. The minimum Gasteiger partial charge on any atom is -0.338 e. The molecular weight excluding hydrogens is 270 g/mol. The van der Waals surface area contributed by atoms with Crippen LogP contribution in [-0.2, 0) is 0 Å². The lowest BCUT2D eigenvalue weighted by atomic mass is 10.1. The smallest absolute Gasteiger partial charge is 0.255 e. The lowest BCUT2D eigenvalue weighted by Crippen LogP contribution is -2.38. The first-order chi connectivity index (χ1) is 9.63. The lowest BCUT2D eigenvalue weighted by Gasteiger charge is -2.26. The Morgan fingerprint density at radius 2 is 2.30 bits per heavy atom. The number of carbonyl (C=O) groups excluding carboxylic acids is 1. The van der Waals surface area contributed by atoms with Crippen molar-refractivity contribution >= 4 is 17.7 Å².